The number of aromatic nitrogens is 2. The van der Waals surface area contributed by atoms with Gasteiger partial charge in [0.15, 0.2) is 0 Å². The molecule has 5 heteroatoms. The number of rotatable bonds is 7. The van der Waals surface area contributed by atoms with Gasteiger partial charge in [-0.2, -0.15) is 0 Å². The van der Waals surface area contributed by atoms with Crippen molar-refractivity contribution in [3.05, 3.63) is 10.6 Å². The van der Waals surface area contributed by atoms with Crippen LogP contribution in [0.5, 0.6) is 0 Å². The highest BCUT2D eigenvalue weighted by Gasteiger charge is 2.21. The van der Waals surface area contributed by atoms with Gasteiger partial charge in [-0.3, -0.25) is 0 Å². The summed E-state index contributed by atoms with van der Waals surface area (Å²) in [5.74, 6) is 0.447. The first-order valence-electron chi connectivity index (χ1n) is 7.33. The second-order valence-electron chi connectivity index (χ2n) is 5.58. The Balaban J connectivity index is 1.86. The standard InChI is InChI=1S/C14H25N3OS/c1-10(2)13-14(19-17-16-13)12(15-3)8-4-6-11-7-5-9-18-11/h10-12,15H,4-9H2,1-3H3. The van der Waals surface area contributed by atoms with E-state index in [9.17, 15) is 0 Å². The average molecular weight is 283 g/mol. The summed E-state index contributed by atoms with van der Waals surface area (Å²) in [4.78, 5) is 1.31. The van der Waals surface area contributed by atoms with E-state index in [1.54, 1.807) is 0 Å². The van der Waals surface area contributed by atoms with E-state index in [-0.39, 0.29) is 0 Å². The number of nitrogens with zero attached hydrogens (tertiary/aromatic N) is 2. The molecular formula is C14H25N3OS. The molecule has 1 N–H and O–H groups in total. The molecule has 1 saturated heterocycles. The smallest absolute Gasteiger partial charge is 0.0829 e. The van der Waals surface area contributed by atoms with Gasteiger partial charge >= 0.3 is 0 Å². The molecule has 0 aromatic carbocycles. The zero-order valence-electron chi connectivity index (χ0n) is 12.2. The Hall–Kier alpha value is -0.520. The second kappa shape index (κ2) is 7.31. The molecule has 1 aliphatic rings. The Bertz CT molecular complexity index is 375. The van der Waals surface area contributed by atoms with Crippen LogP contribution in [0.3, 0.4) is 0 Å². The second-order valence-corrected chi connectivity index (χ2v) is 6.37. The fraction of sp³-hybridized carbons (Fsp3) is 0.857. The van der Waals surface area contributed by atoms with Gasteiger partial charge in [0.05, 0.1) is 16.7 Å². The van der Waals surface area contributed by atoms with Crippen LogP contribution in [0.2, 0.25) is 0 Å². The van der Waals surface area contributed by atoms with Gasteiger partial charge in [-0.25, -0.2) is 0 Å². The predicted molar refractivity (Wildman–Crippen MR) is 78.6 cm³/mol. The summed E-state index contributed by atoms with van der Waals surface area (Å²) in [6.45, 7) is 5.31. The van der Waals surface area contributed by atoms with Crippen molar-refractivity contribution in [2.45, 2.75) is 64.0 Å². The van der Waals surface area contributed by atoms with Crippen LogP contribution >= 0.6 is 11.5 Å². The quantitative estimate of drug-likeness (QED) is 0.834. The van der Waals surface area contributed by atoms with Gasteiger partial charge in [-0.05, 0) is 56.6 Å². The van der Waals surface area contributed by atoms with Crippen molar-refractivity contribution < 1.29 is 4.74 Å². The summed E-state index contributed by atoms with van der Waals surface area (Å²) in [5.41, 5.74) is 1.15. The molecule has 2 heterocycles. The molecule has 2 atom stereocenters. The average Bonchev–Trinajstić information content (AvgIpc) is 3.05. The van der Waals surface area contributed by atoms with Crippen LogP contribution in [0.1, 0.15) is 68.5 Å². The van der Waals surface area contributed by atoms with E-state index in [4.69, 9.17) is 4.74 Å². The van der Waals surface area contributed by atoms with Crippen LogP contribution in [0.4, 0.5) is 0 Å². The minimum Gasteiger partial charge on any atom is -0.378 e. The Labute approximate surface area is 120 Å². The molecule has 0 aliphatic carbocycles. The minimum atomic E-state index is 0.388. The van der Waals surface area contributed by atoms with E-state index < -0.39 is 0 Å². The van der Waals surface area contributed by atoms with Crippen LogP contribution in [0.25, 0.3) is 0 Å². The first-order valence-corrected chi connectivity index (χ1v) is 8.10. The van der Waals surface area contributed by atoms with Gasteiger partial charge in [-0.15, -0.1) is 5.10 Å². The van der Waals surface area contributed by atoms with Gasteiger partial charge in [-0.1, -0.05) is 18.3 Å². The highest BCUT2D eigenvalue weighted by Crippen LogP contribution is 2.30. The van der Waals surface area contributed by atoms with Gasteiger partial charge in [0.2, 0.25) is 0 Å². The lowest BCUT2D eigenvalue weighted by atomic mass is 10.0. The predicted octanol–water partition coefficient (Wildman–Crippen LogP) is 3.27. The summed E-state index contributed by atoms with van der Waals surface area (Å²) in [6.07, 6.45) is 6.49. The Morgan fingerprint density at radius 2 is 2.32 bits per heavy atom. The maximum absolute atomic E-state index is 5.68. The molecule has 1 fully saturated rings. The van der Waals surface area contributed by atoms with Crippen LogP contribution in [0.15, 0.2) is 0 Å². The molecule has 4 nitrogen and oxygen atoms in total. The van der Waals surface area contributed by atoms with Crippen LogP contribution in [-0.4, -0.2) is 29.3 Å². The van der Waals surface area contributed by atoms with E-state index in [0.717, 1.165) is 18.7 Å². The lowest BCUT2D eigenvalue weighted by molar-refractivity contribution is 0.101. The zero-order valence-corrected chi connectivity index (χ0v) is 13.0. The number of hydrogen-bond acceptors (Lipinski definition) is 5. The molecular weight excluding hydrogens is 258 g/mol. The van der Waals surface area contributed by atoms with Crippen molar-refractivity contribution in [3.63, 3.8) is 0 Å². The SMILES string of the molecule is CNC(CCCC1CCCO1)c1snnc1C(C)C. The third-order valence-electron chi connectivity index (χ3n) is 3.79. The van der Waals surface area contributed by atoms with Crippen molar-refractivity contribution in [2.75, 3.05) is 13.7 Å². The molecule has 108 valence electrons. The molecule has 0 amide bonds. The molecule has 1 aliphatic heterocycles. The third-order valence-corrected chi connectivity index (χ3v) is 4.65. The molecule has 0 radical (unpaired) electrons. The highest BCUT2D eigenvalue weighted by molar-refractivity contribution is 7.05. The molecule has 0 saturated carbocycles. The van der Waals surface area contributed by atoms with E-state index in [1.807, 2.05) is 7.05 Å². The summed E-state index contributed by atoms with van der Waals surface area (Å²) in [6, 6.07) is 0.388. The fourth-order valence-corrected chi connectivity index (χ4v) is 3.62. The fourth-order valence-electron chi connectivity index (χ4n) is 2.67. The third kappa shape index (κ3) is 3.97. The maximum atomic E-state index is 5.68. The molecule has 2 unspecified atom stereocenters. The van der Waals surface area contributed by atoms with E-state index in [1.165, 1.54) is 42.1 Å². The highest BCUT2D eigenvalue weighted by atomic mass is 32.1. The minimum absolute atomic E-state index is 0.388. The van der Waals surface area contributed by atoms with Crippen LogP contribution < -0.4 is 5.32 Å². The molecule has 0 spiro atoms. The van der Waals surface area contributed by atoms with Crippen molar-refractivity contribution in [1.29, 1.82) is 0 Å². The van der Waals surface area contributed by atoms with Gasteiger partial charge in [0.25, 0.3) is 0 Å². The molecule has 19 heavy (non-hydrogen) atoms. The van der Waals surface area contributed by atoms with Gasteiger partial charge in [0, 0.05) is 12.6 Å². The first-order chi connectivity index (χ1) is 9.22. The molecule has 1 aromatic heterocycles. The van der Waals surface area contributed by atoms with Crippen molar-refractivity contribution in [1.82, 2.24) is 14.9 Å². The van der Waals surface area contributed by atoms with Crippen molar-refractivity contribution >= 4 is 11.5 Å². The summed E-state index contributed by atoms with van der Waals surface area (Å²) < 4.78 is 9.80. The van der Waals surface area contributed by atoms with E-state index in [2.05, 4.69) is 28.8 Å². The normalized spacial score (nSPS) is 21.2. The summed E-state index contributed by atoms with van der Waals surface area (Å²) >= 11 is 1.54. The lowest BCUT2D eigenvalue weighted by Crippen LogP contribution is -2.18. The Morgan fingerprint density at radius 3 is 2.95 bits per heavy atom. The Kier molecular flexibility index (Phi) is 5.73. The zero-order chi connectivity index (χ0) is 13.7. The van der Waals surface area contributed by atoms with E-state index >= 15 is 0 Å². The number of nitrogens with one attached hydrogen (secondary N) is 1. The molecule has 2 rings (SSSR count). The maximum Gasteiger partial charge on any atom is 0.0829 e. The largest absolute Gasteiger partial charge is 0.378 e. The van der Waals surface area contributed by atoms with Crippen molar-refractivity contribution in [2.24, 2.45) is 0 Å². The van der Waals surface area contributed by atoms with Crippen molar-refractivity contribution in [3.8, 4) is 0 Å². The van der Waals surface area contributed by atoms with Gasteiger partial charge < -0.3 is 10.1 Å². The van der Waals surface area contributed by atoms with Gasteiger partial charge in [0.1, 0.15) is 0 Å². The van der Waals surface area contributed by atoms with E-state index in [0.29, 0.717) is 18.1 Å². The molecule has 0 bridgehead atoms. The molecule has 1 aromatic rings. The van der Waals surface area contributed by atoms with Crippen LogP contribution in [0, 0.1) is 0 Å². The number of hydrogen-bond donors (Lipinski definition) is 1. The topological polar surface area (TPSA) is 47.0 Å². The Morgan fingerprint density at radius 1 is 1.47 bits per heavy atom. The summed E-state index contributed by atoms with van der Waals surface area (Å²) in [5, 5.41) is 7.69. The lowest BCUT2D eigenvalue weighted by Gasteiger charge is -2.17. The van der Waals surface area contributed by atoms with Crippen LogP contribution in [-0.2, 0) is 4.74 Å². The first kappa shape index (κ1) is 14.9. The summed E-state index contributed by atoms with van der Waals surface area (Å²) in [7, 11) is 2.03. The monoisotopic (exact) mass is 283 g/mol. The number of ether oxygens (including phenoxy) is 1.